The van der Waals surface area contributed by atoms with E-state index in [0.29, 0.717) is 17.0 Å². The minimum absolute atomic E-state index is 0.310. The number of hydrogen-bond donors (Lipinski definition) is 3. The molecule has 3 aromatic rings. The van der Waals surface area contributed by atoms with Gasteiger partial charge in [0.15, 0.2) is 6.61 Å². The molecule has 0 saturated carbocycles. The minimum Gasteiger partial charge on any atom is -0.482 e. The highest BCUT2D eigenvalue weighted by Gasteiger charge is 2.08. The first-order valence-electron chi connectivity index (χ1n) is 7.46. The number of anilines is 1. The lowest BCUT2D eigenvalue weighted by Crippen LogP contribution is -2.13. The number of aromatic nitrogens is 2. The molecular formula is C18H15N3O4. The number of nitrogens with zero attached hydrogens (tertiary/aromatic N) is 1. The van der Waals surface area contributed by atoms with E-state index < -0.39 is 12.6 Å². The number of hydrogen-bond acceptors (Lipinski definition) is 4. The highest BCUT2D eigenvalue weighted by molar-refractivity contribution is 6.04. The number of benzene rings is 2. The Kier molecular flexibility index (Phi) is 4.75. The summed E-state index contributed by atoms with van der Waals surface area (Å²) >= 11 is 0. The number of aliphatic carboxylic acids is 1. The van der Waals surface area contributed by atoms with Gasteiger partial charge < -0.3 is 20.1 Å². The monoisotopic (exact) mass is 337 g/mol. The van der Waals surface area contributed by atoms with Crippen molar-refractivity contribution in [2.24, 2.45) is 0 Å². The SMILES string of the molecule is O=C(O)COc1cccc(C(=O)Nc2ccc(-c3cnc[nH]3)cc2)c1. The summed E-state index contributed by atoms with van der Waals surface area (Å²) in [5, 5.41) is 11.4. The molecule has 0 unspecified atom stereocenters. The van der Waals surface area contributed by atoms with Gasteiger partial charge in [-0.1, -0.05) is 18.2 Å². The molecule has 3 rings (SSSR count). The van der Waals surface area contributed by atoms with Gasteiger partial charge in [-0.15, -0.1) is 0 Å². The first-order valence-corrected chi connectivity index (χ1v) is 7.46. The molecule has 7 heteroatoms. The smallest absolute Gasteiger partial charge is 0.341 e. The number of ether oxygens (including phenoxy) is 1. The van der Waals surface area contributed by atoms with Gasteiger partial charge >= 0.3 is 5.97 Å². The minimum atomic E-state index is -1.08. The third-order valence-corrected chi connectivity index (χ3v) is 3.41. The lowest BCUT2D eigenvalue weighted by molar-refractivity contribution is -0.139. The summed E-state index contributed by atoms with van der Waals surface area (Å²) < 4.78 is 5.08. The van der Waals surface area contributed by atoms with Gasteiger partial charge in [0, 0.05) is 11.3 Å². The Morgan fingerprint density at radius 2 is 1.96 bits per heavy atom. The molecular weight excluding hydrogens is 322 g/mol. The summed E-state index contributed by atoms with van der Waals surface area (Å²) in [6.45, 7) is -0.458. The van der Waals surface area contributed by atoms with E-state index >= 15 is 0 Å². The van der Waals surface area contributed by atoms with E-state index in [2.05, 4.69) is 15.3 Å². The fourth-order valence-electron chi connectivity index (χ4n) is 2.22. The summed E-state index contributed by atoms with van der Waals surface area (Å²) in [4.78, 5) is 29.8. The quantitative estimate of drug-likeness (QED) is 0.641. The Morgan fingerprint density at radius 1 is 1.16 bits per heavy atom. The lowest BCUT2D eigenvalue weighted by Gasteiger charge is -2.08. The fraction of sp³-hybridized carbons (Fsp3) is 0.0556. The van der Waals surface area contributed by atoms with Crippen LogP contribution in [0.5, 0.6) is 5.75 Å². The van der Waals surface area contributed by atoms with Crippen molar-refractivity contribution in [3.05, 3.63) is 66.6 Å². The van der Waals surface area contributed by atoms with Crippen LogP contribution in [0.15, 0.2) is 61.1 Å². The molecule has 1 heterocycles. The highest BCUT2D eigenvalue weighted by Crippen LogP contribution is 2.20. The van der Waals surface area contributed by atoms with E-state index in [-0.39, 0.29) is 5.91 Å². The van der Waals surface area contributed by atoms with Crippen molar-refractivity contribution in [2.75, 3.05) is 11.9 Å². The van der Waals surface area contributed by atoms with Crippen LogP contribution in [-0.2, 0) is 4.79 Å². The van der Waals surface area contributed by atoms with E-state index in [4.69, 9.17) is 9.84 Å². The van der Waals surface area contributed by atoms with Crippen LogP contribution in [0.25, 0.3) is 11.3 Å². The van der Waals surface area contributed by atoms with Crippen LogP contribution < -0.4 is 10.1 Å². The average Bonchev–Trinajstić information content (AvgIpc) is 3.15. The number of H-pyrrole nitrogens is 1. The van der Waals surface area contributed by atoms with Crippen LogP contribution in [0.2, 0.25) is 0 Å². The molecule has 0 aliphatic rings. The Morgan fingerprint density at radius 3 is 2.64 bits per heavy atom. The number of aromatic amines is 1. The fourth-order valence-corrected chi connectivity index (χ4v) is 2.22. The van der Waals surface area contributed by atoms with E-state index in [0.717, 1.165) is 11.3 Å². The predicted molar refractivity (Wildman–Crippen MR) is 91.5 cm³/mol. The maximum absolute atomic E-state index is 12.3. The lowest BCUT2D eigenvalue weighted by atomic mass is 10.1. The normalized spacial score (nSPS) is 10.2. The second kappa shape index (κ2) is 7.31. The first kappa shape index (κ1) is 16.3. The van der Waals surface area contributed by atoms with Crippen LogP contribution in [0.3, 0.4) is 0 Å². The van der Waals surface area contributed by atoms with Crippen molar-refractivity contribution >= 4 is 17.6 Å². The number of carboxylic acid groups (broad SMARTS) is 1. The maximum Gasteiger partial charge on any atom is 0.341 e. The number of imidazole rings is 1. The number of carbonyl (C=O) groups is 2. The van der Waals surface area contributed by atoms with Gasteiger partial charge in [0.1, 0.15) is 5.75 Å². The van der Waals surface area contributed by atoms with E-state index in [9.17, 15) is 9.59 Å². The molecule has 0 aliphatic heterocycles. The first-order chi connectivity index (χ1) is 12.1. The Bertz CT molecular complexity index is 874. The molecule has 1 amide bonds. The van der Waals surface area contributed by atoms with Gasteiger partial charge in [0.2, 0.25) is 0 Å². The third kappa shape index (κ3) is 4.23. The molecule has 0 bridgehead atoms. The van der Waals surface area contributed by atoms with Crippen LogP contribution in [0, 0.1) is 0 Å². The Hall–Kier alpha value is -3.61. The van der Waals surface area contributed by atoms with Crippen LogP contribution >= 0.6 is 0 Å². The Balaban J connectivity index is 1.67. The van der Waals surface area contributed by atoms with Gasteiger partial charge in [-0.05, 0) is 35.9 Å². The van der Waals surface area contributed by atoms with Gasteiger partial charge in [-0.3, -0.25) is 4.79 Å². The molecule has 0 fully saturated rings. The molecule has 2 aromatic carbocycles. The number of nitrogens with one attached hydrogen (secondary N) is 2. The largest absolute Gasteiger partial charge is 0.482 e. The zero-order valence-corrected chi connectivity index (χ0v) is 13.1. The standard InChI is InChI=1S/C18H15N3O4/c22-17(23)10-25-15-3-1-2-13(8-15)18(24)21-14-6-4-12(5-7-14)16-9-19-11-20-16/h1-9,11H,10H2,(H,19,20)(H,21,24)(H,22,23). The Labute approximate surface area is 143 Å². The molecule has 0 saturated heterocycles. The van der Waals surface area contributed by atoms with Crippen molar-refractivity contribution in [1.82, 2.24) is 9.97 Å². The van der Waals surface area contributed by atoms with Crippen molar-refractivity contribution in [1.29, 1.82) is 0 Å². The molecule has 25 heavy (non-hydrogen) atoms. The molecule has 0 aliphatic carbocycles. The van der Waals surface area contributed by atoms with Crippen LogP contribution in [0.4, 0.5) is 5.69 Å². The molecule has 1 aromatic heterocycles. The average molecular weight is 337 g/mol. The molecule has 0 radical (unpaired) electrons. The van der Waals surface area contributed by atoms with E-state index in [1.807, 2.05) is 12.1 Å². The predicted octanol–water partition coefficient (Wildman–Crippen LogP) is 2.79. The van der Waals surface area contributed by atoms with Crippen molar-refractivity contribution in [2.45, 2.75) is 0 Å². The van der Waals surface area contributed by atoms with Gasteiger partial charge in [-0.2, -0.15) is 0 Å². The summed E-state index contributed by atoms with van der Waals surface area (Å²) in [5.41, 5.74) is 2.87. The summed E-state index contributed by atoms with van der Waals surface area (Å²) in [5.74, 6) is -1.06. The maximum atomic E-state index is 12.3. The number of carboxylic acids is 1. The van der Waals surface area contributed by atoms with Crippen molar-refractivity contribution < 1.29 is 19.4 Å². The van der Waals surface area contributed by atoms with Gasteiger partial charge in [-0.25, -0.2) is 9.78 Å². The topological polar surface area (TPSA) is 104 Å². The van der Waals surface area contributed by atoms with Gasteiger partial charge in [0.05, 0.1) is 18.2 Å². The number of rotatable bonds is 6. The second-order valence-electron chi connectivity index (χ2n) is 5.21. The highest BCUT2D eigenvalue weighted by atomic mass is 16.5. The van der Waals surface area contributed by atoms with Crippen molar-refractivity contribution in [3.8, 4) is 17.0 Å². The van der Waals surface area contributed by atoms with E-state index in [1.54, 1.807) is 42.9 Å². The number of carbonyl (C=O) groups excluding carboxylic acids is 1. The summed E-state index contributed by atoms with van der Waals surface area (Å²) in [7, 11) is 0. The molecule has 3 N–H and O–H groups in total. The second-order valence-corrected chi connectivity index (χ2v) is 5.21. The molecule has 0 atom stereocenters. The van der Waals surface area contributed by atoms with Crippen molar-refractivity contribution in [3.63, 3.8) is 0 Å². The van der Waals surface area contributed by atoms with Crippen LogP contribution in [-0.4, -0.2) is 33.6 Å². The molecule has 0 spiro atoms. The number of amides is 1. The zero-order valence-electron chi connectivity index (χ0n) is 13.1. The van der Waals surface area contributed by atoms with Crippen LogP contribution in [0.1, 0.15) is 10.4 Å². The molecule has 126 valence electrons. The third-order valence-electron chi connectivity index (χ3n) is 3.41. The zero-order chi connectivity index (χ0) is 17.6. The van der Waals surface area contributed by atoms with Gasteiger partial charge in [0.25, 0.3) is 5.91 Å². The summed E-state index contributed by atoms with van der Waals surface area (Å²) in [6.07, 6.45) is 3.32. The van der Waals surface area contributed by atoms with E-state index in [1.165, 1.54) is 6.07 Å². The summed E-state index contributed by atoms with van der Waals surface area (Å²) in [6, 6.07) is 13.7. The molecule has 7 nitrogen and oxygen atoms in total.